The van der Waals surface area contributed by atoms with Crippen LogP contribution in [0.2, 0.25) is 0 Å². The summed E-state index contributed by atoms with van der Waals surface area (Å²) in [4.78, 5) is 2.40. The first-order chi connectivity index (χ1) is 6.86. The van der Waals surface area contributed by atoms with Crippen LogP contribution in [0.15, 0.2) is 0 Å². The Morgan fingerprint density at radius 2 is 2.14 bits per heavy atom. The first-order valence-corrected chi connectivity index (χ1v) is 5.51. The Hall–Kier alpha value is -0.160. The molecule has 1 aliphatic rings. The van der Waals surface area contributed by atoms with Crippen molar-refractivity contribution in [2.75, 3.05) is 46.0 Å². The normalized spacial score (nSPS) is 21.0. The van der Waals surface area contributed by atoms with Gasteiger partial charge in [0.1, 0.15) is 0 Å². The molecule has 1 atom stereocenters. The van der Waals surface area contributed by atoms with Gasteiger partial charge in [-0.15, -0.1) is 0 Å². The number of likely N-dealkylation sites (N-methyl/N-ethyl adjacent to an activating group) is 1. The summed E-state index contributed by atoms with van der Waals surface area (Å²) < 4.78 is 5.29. The monoisotopic (exact) mass is 202 g/mol. The minimum atomic E-state index is 0.266. The van der Waals surface area contributed by atoms with Crippen molar-refractivity contribution < 1.29 is 9.84 Å². The topological polar surface area (TPSA) is 44.7 Å². The number of hydrogen-bond donors (Lipinski definition) is 2. The van der Waals surface area contributed by atoms with Crippen LogP contribution in [0.5, 0.6) is 0 Å². The van der Waals surface area contributed by atoms with Crippen molar-refractivity contribution in [2.24, 2.45) is 0 Å². The van der Waals surface area contributed by atoms with Gasteiger partial charge in [-0.2, -0.15) is 0 Å². The smallest absolute Gasteiger partial charge is 0.0594 e. The molecule has 0 aromatic heterocycles. The lowest BCUT2D eigenvalue weighted by Crippen LogP contribution is -2.46. The van der Waals surface area contributed by atoms with E-state index in [0.29, 0.717) is 6.04 Å². The van der Waals surface area contributed by atoms with Crippen molar-refractivity contribution in [3.05, 3.63) is 0 Å². The number of nitrogens with one attached hydrogen (secondary N) is 1. The highest BCUT2D eigenvalue weighted by Crippen LogP contribution is 2.00. The highest BCUT2D eigenvalue weighted by atomic mass is 16.5. The minimum Gasteiger partial charge on any atom is -0.396 e. The van der Waals surface area contributed by atoms with E-state index in [1.54, 1.807) is 0 Å². The van der Waals surface area contributed by atoms with Gasteiger partial charge in [-0.25, -0.2) is 0 Å². The summed E-state index contributed by atoms with van der Waals surface area (Å²) in [5.41, 5.74) is 0. The second-order valence-electron chi connectivity index (χ2n) is 3.68. The third-order valence-corrected chi connectivity index (χ3v) is 2.55. The van der Waals surface area contributed by atoms with Crippen molar-refractivity contribution in [1.82, 2.24) is 10.2 Å². The summed E-state index contributed by atoms with van der Waals surface area (Å²) in [5, 5.41) is 12.3. The van der Waals surface area contributed by atoms with Crippen molar-refractivity contribution in [3.63, 3.8) is 0 Å². The fourth-order valence-corrected chi connectivity index (χ4v) is 1.80. The van der Waals surface area contributed by atoms with Crippen LogP contribution in [0.3, 0.4) is 0 Å². The van der Waals surface area contributed by atoms with E-state index in [1.807, 2.05) is 0 Å². The van der Waals surface area contributed by atoms with Gasteiger partial charge in [0.2, 0.25) is 0 Å². The maximum absolute atomic E-state index is 8.91. The number of ether oxygens (including phenoxy) is 1. The Labute approximate surface area is 86.2 Å². The van der Waals surface area contributed by atoms with Gasteiger partial charge in [0.15, 0.2) is 0 Å². The zero-order valence-corrected chi connectivity index (χ0v) is 9.04. The summed E-state index contributed by atoms with van der Waals surface area (Å²) in [5.74, 6) is 0. The van der Waals surface area contributed by atoms with Crippen molar-refractivity contribution in [1.29, 1.82) is 0 Å². The summed E-state index contributed by atoms with van der Waals surface area (Å²) in [6.07, 6.45) is 0.838. The van der Waals surface area contributed by atoms with Crippen molar-refractivity contribution in [3.8, 4) is 0 Å². The average Bonchev–Trinajstić information content (AvgIpc) is 2.20. The quantitative estimate of drug-likeness (QED) is 0.619. The third kappa shape index (κ3) is 4.37. The zero-order valence-electron chi connectivity index (χ0n) is 9.04. The molecule has 0 aliphatic carbocycles. The van der Waals surface area contributed by atoms with Gasteiger partial charge < -0.3 is 15.2 Å². The fourth-order valence-electron chi connectivity index (χ4n) is 1.80. The van der Waals surface area contributed by atoms with E-state index in [2.05, 4.69) is 17.1 Å². The van der Waals surface area contributed by atoms with Gasteiger partial charge >= 0.3 is 0 Å². The average molecular weight is 202 g/mol. The molecule has 0 radical (unpaired) electrons. The Bertz CT molecular complexity index is 132. The van der Waals surface area contributed by atoms with Crippen LogP contribution in [0.1, 0.15) is 13.3 Å². The highest BCUT2D eigenvalue weighted by Gasteiger charge is 2.15. The Kier molecular flexibility index (Phi) is 6.10. The fraction of sp³-hybridized carbons (Fsp3) is 1.00. The molecule has 1 unspecified atom stereocenters. The van der Waals surface area contributed by atoms with Crippen LogP contribution in [0.25, 0.3) is 0 Å². The largest absolute Gasteiger partial charge is 0.396 e. The molecule has 1 saturated heterocycles. The summed E-state index contributed by atoms with van der Waals surface area (Å²) >= 11 is 0. The molecule has 0 aromatic rings. The highest BCUT2D eigenvalue weighted by molar-refractivity contribution is 4.73. The van der Waals surface area contributed by atoms with Crippen LogP contribution < -0.4 is 5.32 Å². The molecule has 4 heteroatoms. The molecular formula is C10H22N2O2. The van der Waals surface area contributed by atoms with E-state index in [-0.39, 0.29) is 6.61 Å². The summed E-state index contributed by atoms with van der Waals surface area (Å²) in [6, 6.07) is 0.420. The molecule has 4 nitrogen and oxygen atoms in total. The third-order valence-electron chi connectivity index (χ3n) is 2.55. The number of rotatable bonds is 6. The van der Waals surface area contributed by atoms with Crippen LogP contribution in [-0.4, -0.2) is 62.0 Å². The molecule has 0 bridgehead atoms. The molecule has 2 N–H and O–H groups in total. The second-order valence-corrected chi connectivity index (χ2v) is 3.68. The van der Waals surface area contributed by atoms with Gasteiger partial charge in [-0.3, -0.25) is 4.90 Å². The molecule has 1 aliphatic heterocycles. The Balaban J connectivity index is 2.21. The van der Waals surface area contributed by atoms with Gasteiger partial charge in [0.25, 0.3) is 0 Å². The van der Waals surface area contributed by atoms with Crippen molar-refractivity contribution in [2.45, 2.75) is 19.4 Å². The van der Waals surface area contributed by atoms with Crippen LogP contribution in [0.4, 0.5) is 0 Å². The first-order valence-electron chi connectivity index (χ1n) is 5.51. The molecule has 14 heavy (non-hydrogen) atoms. The lowest BCUT2D eigenvalue weighted by Gasteiger charge is -2.30. The lowest BCUT2D eigenvalue weighted by molar-refractivity contribution is 0.0323. The van der Waals surface area contributed by atoms with Crippen LogP contribution >= 0.6 is 0 Å². The first kappa shape index (κ1) is 11.9. The zero-order chi connectivity index (χ0) is 10.2. The van der Waals surface area contributed by atoms with E-state index in [0.717, 1.165) is 45.8 Å². The molecule has 0 saturated carbocycles. The number of aliphatic hydroxyl groups is 1. The molecule has 0 amide bonds. The van der Waals surface area contributed by atoms with Gasteiger partial charge in [0, 0.05) is 32.3 Å². The summed E-state index contributed by atoms with van der Waals surface area (Å²) in [6.45, 7) is 8.09. The van der Waals surface area contributed by atoms with E-state index in [9.17, 15) is 0 Å². The van der Waals surface area contributed by atoms with Gasteiger partial charge in [0.05, 0.1) is 13.2 Å². The lowest BCUT2D eigenvalue weighted by atomic mass is 10.2. The van der Waals surface area contributed by atoms with E-state index >= 15 is 0 Å². The number of nitrogens with zero attached hydrogens (tertiary/aromatic N) is 1. The number of hydrogen-bond acceptors (Lipinski definition) is 4. The van der Waals surface area contributed by atoms with Gasteiger partial charge in [-0.05, 0) is 13.0 Å². The predicted molar refractivity (Wildman–Crippen MR) is 56.4 cm³/mol. The Morgan fingerprint density at radius 1 is 1.43 bits per heavy atom. The number of aliphatic hydroxyl groups excluding tert-OH is 1. The van der Waals surface area contributed by atoms with E-state index < -0.39 is 0 Å². The van der Waals surface area contributed by atoms with Crippen molar-refractivity contribution >= 4 is 0 Å². The maximum Gasteiger partial charge on any atom is 0.0594 e. The standard InChI is InChI=1S/C10H22N2O2/c1-2-11-10(3-6-13)9-12-4-7-14-8-5-12/h10-11,13H,2-9H2,1H3. The Morgan fingerprint density at radius 3 is 2.71 bits per heavy atom. The molecular weight excluding hydrogens is 180 g/mol. The van der Waals surface area contributed by atoms with E-state index in [4.69, 9.17) is 9.84 Å². The van der Waals surface area contributed by atoms with Crippen LogP contribution in [-0.2, 0) is 4.74 Å². The van der Waals surface area contributed by atoms with E-state index in [1.165, 1.54) is 0 Å². The number of morpholine rings is 1. The maximum atomic E-state index is 8.91. The molecule has 1 heterocycles. The molecule has 1 rings (SSSR count). The minimum absolute atomic E-state index is 0.266. The SMILES string of the molecule is CCNC(CCO)CN1CCOCC1. The second kappa shape index (κ2) is 7.17. The molecule has 84 valence electrons. The molecule has 0 spiro atoms. The molecule has 0 aromatic carbocycles. The predicted octanol–water partition coefficient (Wildman–Crippen LogP) is -0.321. The molecule has 1 fully saturated rings. The van der Waals surface area contributed by atoms with Crippen LogP contribution in [0, 0.1) is 0 Å². The summed E-state index contributed by atoms with van der Waals surface area (Å²) in [7, 11) is 0. The van der Waals surface area contributed by atoms with Gasteiger partial charge in [-0.1, -0.05) is 6.92 Å².